The van der Waals surface area contributed by atoms with E-state index in [4.69, 9.17) is 9.47 Å². The summed E-state index contributed by atoms with van der Waals surface area (Å²) in [6.45, 7) is 3.26. The first-order valence-corrected chi connectivity index (χ1v) is 7.89. The summed E-state index contributed by atoms with van der Waals surface area (Å²) < 4.78 is 10.4. The quantitative estimate of drug-likeness (QED) is 0.607. The first-order chi connectivity index (χ1) is 11.5. The van der Waals surface area contributed by atoms with E-state index >= 15 is 0 Å². The first kappa shape index (κ1) is 17.8. The standard InChI is InChI=1S/C17H22N2O5/c1-4-17(5-2)15(21)19(16(22)18-17)10-14(20)24-11-12-8-6-7-9-13(12)23-3/h6-9H,4-5,10-11H2,1-3H3,(H,18,22). The van der Waals surface area contributed by atoms with Crippen molar-refractivity contribution in [2.75, 3.05) is 13.7 Å². The van der Waals surface area contributed by atoms with Gasteiger partial charge in [-0.25, -0.2) is 4.79 Å². The summed E-state index contributed by atoms with van der Waals surface area (Å²) in [5.41, 5.74) is -0.206. The Morgan fingerprint density at radius 3 is 2.46 bits per heavy atom. The number of esters is 1. The highest BCUT2D eigenvalue weighted by Crippen LogP contribution is 2.25. The molecule has 1 aromatic rings. The van der Waals surface area contributed by atoms with Gasteiger partial charge in [-0.15, -0.1) is 0 Å². The number of imide groups is 1. The Hall–Kier alpha value is -2.57. The lowest BCUT2D eigenvalue weighted by Gasteiger charge is -2.22. The number of nitrogens with zero attached hydrogens (tertiary/aromatic N) is 1. The van der Waals surface area contributed by atoms with Gasteiger partial charge in [0.15, 0.2) is 0 Å². The number of rotatable bonds is 7. The predicted molar refractivity (Wildman–Crippen MR) is 86.3 cm³/mol. The molecule has 1 aromatic carbocycles. The van der Waals surface area contributed by atoms with Gasteiger partial charge in [0.05, 0.1) is 7.11 Å². The number of methoxy groups -OCH3 is 1. The fraction of sp³-hybridized carbons (Fsp3) is 0.471. The number of benzene rings is 1. The number of carbonyl (C=O) groups is 3. The van der Waals surface area contributed by atoms with Crippen molar-refractivity contribution in [2.24, 2.45) is 0 Å². The van der Waals surface area contributed by atoms with Crippen molar-refractivity contribution in [1.82, 2.24) is 10.2 Å². The van der Waals surface area contributed by atoms with E-state index in [2.05, 4.69) is 5.32 Å². The molecule has 1 saturated heterocycles. The monoisotopic (exact) mass is 334 g/mol. The molecule has 1 N–H and O–H groups in total. The minimum atomic E-state index is -0.917. The maximum Gasteiger partial charge on any atom is 0.326 e. The molecule has 3 amide bonds. The molecule has 0 unspecified atom stereocenters. The summed E-state index contributed by atoms with van der Waals surface area (Å²) in [5.74, 6) is -0.421. The van der Waals surface area contributed by atoms with Crippen molar-refractivity contribution in [3.63, 3.8) is 0 Å². The molecular weight excluding hydrogens is 312 g/mol. The summed E-state index contributed by atoms with van der Waals surface area (Å²) >= 11 is 0. The molecule has 0 bridgehead atoms. The molecule has 7 nitrogen and oxygen atoms in total. The molecule has 24 heavy (non-hydrogen) atoms. The minimum absolute atomic E-state index is 0.0131. The van der Waals surface area contributed by atoms with Crippen LogP contribution in [0.5, 0.6) is 5.75 Å². The normalized spacial score (nSPS) is 16.0. The number of hydrogen-bond donors (Lipinski definition) is 1. The van der Waals surface area contributed by atoms with E-state index < -0.39 is 24.1 Å². The summed E-state index contributed by atoms with van der Waals surface area (Å²) in [4.78, 5) is 37.3. The van der Waals surface area contributed by atoms with Gasteiger partial charge in [-0.3, -0.25) is 14.5 Å². The first-order valence-electron chi connectivity index (χ1n) is 7.89. The van der Waals surface area contributed by atoms with Gasteiger partial charge in [-0.05, 0) is 18.9 Å². The largest absolute Gasteiger partial charge is 0.496 e. The van der Waals surface area contributed by atoms with E-state index in [1.807, 2.05) is 19.9 Å². The molecule has 0 atom stereocenters. The highest BCUT2D eigenvalue weighted by molar-refractivity contribution is 6.08. The second-order valence-corrected chi connectivity index (χ2v) is 5.58. The van der Waals surface area contributed by atoms with Crippen LogP contribution < -0.4 is 10.1 Å². The average molecular weight is 334 g/mol. The molecule has 130 valence electrons. The van der Waals surface area contributed by atoms with Crippen molar-refractivity contribution in [1.29, 1.82) is 0 Å². The Morgan fingerprint density at radius 1 is 1.21 bits per heavy atom. The van der Waals surface area contributed by atoms with Crippen molar-refractivity contribution in [2.45, 2.75) is 38.8 Å². The highest BCUT2D eigenvalue weighted by Gasteiger charge is 2.49. The second-order valence-electron chi connectivity index (χ2n) is 5.58. The maximum atomic E-state index is 12.4. The van der Waals surface area contributed by atoms with Crippen LogP contribution in [0.3, 0.4) is 0 Å². The zero-order chi connectivity index (χ0) is 17.7. The van der Waals surface area contributed by atoms with Gasteiger partial charge in [-0.1, -0.05) is 32.0 Å². The Labute approximate surface area is 140 Å². The zero-order valence-corrected chi connectivity index (χ0v) is 14.1. The molecule has 0 radical (unpaired) electrons. The van der Waals surface area contributed by atoms with E-state index in [9.17, 15) is 14.4 Å². The van der Waals surface area contributed by atoms with Crippen LogP contribution >= 0.6 is 0 Å². The van der Waals surface area contributed by atoms with Crippen LogP contribution in [0.25, 0.3) is 0 Å². The number of ether oxygens (including phenoxy) is 2. The van der Waals surface area contributed by atoms with Crippen LogP contribution in [0.4, 0.5) is 4.79 Å². The number of urea groups is 1. The van der Waals surface area contributed by atoms with E-state index in [1.54, 1.807) is 18.2 Å². The van der Waals surface area contributed by atoms with E-state index in [-0.39, 0.29) is 12.5 Å². The van der Waals surface area contributed by atoms with Gasteiger partial charge in [0.25, 0.3) is 5.91 Å². The van der Waals surface area contributed by atoms with Crippen molar-refractivity contribution >= 4 is 17.9 Å². The molecular formula is C17H22N2O5. The van der Waals surface area contributed by atoms with Crippen LogP contribution in [0.1, 0.15) is 32.3 Å². The number of carbonyl (C=O) groups excluding carboxylic acids is 3. The highest BCUT2D eigenvalue weighted by atomic mass is 16.5. The zero-order valence-electron chi connectivity index (χ0n) is 14.1. The fourth-order valence-electron chi connectivity index (χ4n) is 2.70. The van der Waals surface area contributed by atoms with Gasteiger partial charge in [0, 0.05) is 5.56 Å². The molecule has 1 fully saturated rings. The summed E-state index contributed by atoms with van der Waals surface area (Å²) in [5, 5.41) is 2.67. The number of nitrogens with one attached hydrogen (secondary N) is 1. The number of amides is 3. The average Bonchev–Trinajstić information content (AvgIpc) is 2.84. The van der Waals surface area contributed by atoms with Crippen molar-refractivity contribution in [3.05, 3.63) is 29.8 Å². The maximum absolute atomic E-state index is 12.4. The van der Waals surface area contributed by atoms with Gasteiger partial charge in [-0.2, -0.15) is 0 Å². The molecule has 0 aromatic heterocycles. The lowest BCUT2D eigenvalue weighted by atomic mass is 9.93. The topological polar surface area (TPSA) is 84.9 Å². The Morgan fingerprint density at radius 2 is 1.88 bits per heavy atom. The van der Waals surface area contributed by atoms with Crippen LogP contribution in [0.15, 0.2) is 24.3 Å². The lowest BCUT2D eigenvalue weighted by molar-refractivity contribution is -0.149. The van der Waals surface area contributed by atoms with Gasteiger partial charge in [0.1, 0.15) is 24.4 Å². The number of hydrogen-bond acceptors (Lipinski definition) is 5. The summed E-state index contributed by atoms with van der Waals surface area (Å²) in [6, 6.07) is 6.60. The Balaban J connectivity index is 1.97. The van der Waals surface area contributed by atoms with E-state index in [1.165, 1.54) is 7.11 Å². The van der Waals surface area contributed by atoms with Crippen LogP contribution in [-0.4, -0.2) is 42.0 Å². The van der Waals surface area contributed by atoms with E-state index in [0.29, 0.717) is 24.2 Å². The summed E-state index contributed by atoms with van der Waals surface area (Å²) in [6.07, 6.45) is 0.946. The second kappa shape index (κ2) is 7.33. The van der Waals surface area contributed by atoms with Gasteiger partial charge >= 0.3 is 12.0 Å². The van der Waals surface area contributed by atoms with E-state index in [0.717, 1.165) is 4.90 Å². The third-order valence-electron chi connectivity index (χ3n) is 4.32. The lowest BCUT2D eigenvalue weighted by Crippen LogP contribution is -2.46. The predicted octanol–water partition coefficient (Wildman–Crippen LogP) is 1.85. The molecule has 1 aliphatic heterocycles. The Kier molecular flexibility index (Phi) is 5.43. The molecule has 0 saturated carbocycles. The summed E-state index contributed by atoms with van der Waals surface area (Å²) in [7, 11) is 1.53. The molecule has 7 heteroatoms. The van der Waals surface area contributed by atoms with Gasteiger partial charge in [0.2, 0.25) is 0 Å². The molecule has 2 rings (SSSR count). The van der Waals surface area contributed by atoms with Crippen LogP contribution in [0.2, 0.25) is 0 Å². The molecule has 1 heterocycles. The number of para-hydroxylation sites is 1. The van der Waals surface area contributed by atoms with Crippen LogP contribution in [0, 0.1) is 0 Å². The third-order valence-corrected chi connectivity index (χ3v) is 4.32. The Bertz CT molecular complexity index is 640. The van der Waals surface area contributed by atoms with Gasteiger partial charge < -0.3 is 14.8 Å². The smallest absolute Gasteiger partial charge is 0.326 e. The van der Waals surface area contributed by atoms with Crippen molar-refractivity contribution in [3.8, 4) is 5.75 Å². The molecule has 1 aliphatic rings. The SMILES string of the molecule is CCC1(CC)NC(=O)N(CC(=O)OCc2ccccc2OC)C1=O. The fourth-order valence-corrected chi connectivity index (χ4v) is 2.70. The third kappa shape index (κ3) is 3.34. The molecule has 0 spiro atoms. The van der Waals surface area contributed by atoms with Crippen LogP contribution in [-0.2, 0) is 20.9 Å². The van der Waals surface area contributed by atoms with Crippen molar-refractivity contribution < 1.29 is 23.9 Å². The minimum Gasteiger partial charge on any atom is -0.496 e. The molecule has 0 aliphatic carbocycles.